The Morgan fingerprint density at radius 3 is 2.11 bits per heavy atom. The lowest BCUT2D eigenvalue weighted by Gasteiger charge is -2.09. The molecule has 28 heavy (non-hydrogen) atoms. The summed E-state index contributed by atoms with van der Waals surface area (Å²) in [6.45, 7) is 4.87. The Hall–Kier alpha value is -1.58. The van der Waals surface area contributed by atoms with Crippen LogP contribution in [0.1, 0.15) is 106 Å². The van der Waals surface area contributed by atoms with E-state index in [4.69, 9.17) is 5.11 Å². The summed E-state index contributed by atoms with van der Waals surface area (Å²) >= 11 is 0. The third-order valence-electron chi connectivity index (χ3n) is 5.35. The molecule has 1 aromatic carbocycles. The van der Waals surface area contributed by atoms with Crippen LogP contribution in [-0.4, -0.2) is 23.8 Å². The highest BCUT2D eigenvalue weighted by Crippen LogP contribution is 2.17. The number of aryl methyl sites for hydroxylation is 1. The van der Waals surface area contributed by atoms with Gasteiger partial charge in [-0.05, 0) is 49.9 Å². The first-order chi connectivity index (χ1) is 13.5. The summed E-state index contributed by atoms with van der Waals surface area (Å²) < 4.78 is 13.5. The summed E-state index contributed by atoms with van der Waals surface area (Å²) in [7, 11) is 0. The Morgan fingerprint density at radius 2 is 1.54 bits per heavy atom. The van der Waals surface area contributed by atoms with Crippen molar-refractivity contribution in [2.75, 3.05) is 11.9 Å². The number of benzene rings is 1. The topological polar surface area (TPSA) is 49.3 Å². The third-order valence-corrected chi connectivity index (χ3v) is 5.35. The summed E-state index contributed by atoms with van der Waals surface area (Å²) in [4.78, 5) is 11.0. The molecular weight excluding hydrogens is 353 g/mol. The van der Waals surface area contributed by atoms with Gasteiger partial charge in [0, 0.05) is 12.2 Å². The minimum absolute atomic E-state index is 0.367. The maximum absolute atomic E-state index is 13.5. The van der Waals surface area contributed by atoms with Gasteiger partial charge in [0.05, 0.1) is 5.56 Å². The lowest BCUT2D eigenvalue weighted by molar-refractivity contribution is 0.0696. The van der Waals surface area contributed by atoms with Gasteiger partial charge >= 0.3 is 5.97 Å². The van der Waals surface area contributed by atoms with Crippen molar-refractivity contribution in [3.05, 3.63) is 29.3 Å². The summed E-state index contributed by atoms with van der Waals surface area (Å²) in [5, 5.41) is 12.4. The molecule has 2 N–H and O–H groups in total. The highest BCUT2D eigenvalue weighted by atomic mass is 19.1. The average molecular weight is 394 g/mol. The number of nitrogens with one attached hydrogen (secondary N) is 1. The summed E-state index contributed by atoms with van der Waals surface area (Å²) in [5.74, 6) is -0.873. The zero-order valence-corrected chi connectivity index (χ0v) is 17.9. The molecule has 0 saturated carbocycles. The van der Waals surface area contributed by atoms with E-state index in [1.807, 2.05) is 19.1 Å². The van der Waals surface area contributed by atoms with Gasteiger partial charge in [-0.3, -0.25) is 0 Å². The number of aromatic carboxylic acids is 1. The number of hydrogen-bond donors (Lipinski definition) is 2. The molecular formula is C24H40FNO2. The number of rotatable bonds is 17. The van der Waals surface area contributed by atoms with Crippen molar-refractivity contribution < 1.29 is 14.3 Å². The molecule has 0 fully saturated rings. The molecule has 0 radical (unpaired) electrons. The first-order valence-electron chi connectivity index (χ1n) is 11.3. The van der Waals surface area contributed by atoms with Crippen LogP contribution >= 0.6 is 0 Å². The average Bonchev–Trinajstić information content (AvgIpc) is 2.66. The number of hydrogen-bond acceptors (Lipinski definition) is 2. The normalized spacial score (nSPS) is 12.1. The van der Waals surface area contributed by atoms with Crippen LogP contribution in [0.25, 0.3) is 0 Å². The lowest BCUT2D eigenvalue weighted by Crippen LogP contribution is -2.04. The number of carboxylic acid groups (broad SMARTS) is 1. The Morgan fingerprint density at radius 1 is 0.964 bits per heavy atom. The van der Waals surface area contributed by atoms with Crippen molar-refractivity contribution in [3.8, 4) is 0 Å². The van der Waals surface area contributed by atoms with E-state index < -0.39 is 12.1 Å². The molecule has 1 rings (SSSR count). The largest absolute Gasteiger partial charge is 0.478 e. The van der Waals surface area contributed by atoms with E-state index in [-0.39, 0.29) is 0 Å². The van der Waals surface area contributed by atoms with Crippen molar-refractivity contribution in [3.63, 3.8) is 0 Å². The summed E-state index contributed by atoms with van der Waals surface area (Å²) in [6, 6.07) is 5.41. The van der Waals surface area contributed by atoms with Gasteiger partial charge in [-0.1, -0.05) is 71.1 Å². The summed E-state index contributed by atoms with van der Waals surface area (Å²) in [5.41, 5.74) is 2.15. The molecule has 160 valence electrons. The predicted octanol–water partition coefficient (Wildman–Crippen LogP) is 7.53. The fourth-order valence-corrected chi connectivity index (χ4v) is 3.54. The minimum atomic E-state index is -0.873. The van der Waals surface area contributed by atoms with Crippen LogP contribution in [0.4, 0.5) is 10.1 Å². The molecule has 1 aromatic rings. The van der Waals surface area contributed by atoms with Gasteiger partial charge in [0.25, 0.3) is 0 Å². The Bertz CT molecular complexity index is 547. The van der Waals surface area contributed by atoms with E-state index in [9.17, 15) is 9.18 Å². The second-order valence-corrected chi connectivity index (χ2v) is 7.97. The summed E-state index contributed by atoms with van der Waals surface area (Å²) in [6.07, 6.45) is 14.0. The first kappa shape index (κ1) is 24.5. The van der Waals surface area contributed by atoms with Crippen LogP contribution in [0.3, 0.4) is 0 Å². The standard InChI is InChI=1S/C24H40FNO2/c1-3-4-14-21(25)15-12-10-8-6-5-7-9-11-13-18-26-22-16-17-23(24(27)28)20(2)19-22/h16-17,19,21,26H,3-15,18H2,1-2H3,(H,27,28). The maximum Gasteiger partial charge on any atom is 0.335 e. The van der Waals surface area contributed by atoms with Crippen LogP contribution in [0.2, 0.25) is 0 Å². The van der Waals surface area contributed by atoms with Crippen LogP contribution in [0, 0.1) is 6.92 Å². The number of anilines is 1. The second-order valence-electron chi connectivity index (χ2n) is 7.97. The lowest BCUT2D eigenvalue weighted by atomic mass is 10.0. The SMILES string of the molecule is CCCCC(F)CCCCCCCCCCCNc1ccc(C(=O)O)c(C)c1. The van der Waals surface area contributed by atoms with Crippen molar-refractivity contribution in [2.45, 2.75) is 103 Å². The molecule has 1 unspecified atom stereocenters. The molecule has 0 saturated heterocycles. The maximum atomic E-state index is 13.5. The van der Waals surface area contributed by atoms with E-state index in [1.54, 1.807) is 6.07 Å². The van der Waals surface area contributed by atoms with E-state index in [0.29, 0.717) is 5.56 Å². The fraction of sp³-hybridized carbons (Fsp3) is 0.708. The zero-order valence-electron chi connectivity index (χ0n) is 17.9. The molecule has 0 aliphatic heterocycles. The molecule has 1 atom stereocenters. The van der Waals surface area contributed by atoms with Gasteiger partial charge in [0.1, 0.15) is 6.17 Å². The highest BCUT2D eigenvalue weighted by Gasteiger charge is 2.07. The fourth-order valence-electron chi connectivity index (χ4n) is 3.54. The highest BCUT2D eigenvalue weighted by molar-refractivity contribution is 5.89. The van der Waals surface area contributed by atoms with E-state index in [0.717, 1.165) is 56.3 Å². The Balaban J connectivity index is 1.92. The smallest absolute Gasteiger partial charge is 0.335 e. The van der Waals surface area contributed by atoms with Crippen LogP contribution in [-0.2, 0) is 0 Å². The van der Waals surface area contributed by atoms with Crippen molar-refractivity contribution in [2.24, 2.45) is 0 Å². The van der Waals surface area contributed by atoms with Crippen LogP contribution in [0.15, 0.2) is 18.2 Å². The van der Waals surface area contributed by atoms with Crippen LogP contribution in [0.5, 0.6) is 0 Å². The number of carboxylic acids is 1. The molecule has 4 heteroatoms. The van der Waals surface area contributed by atoms with E-state index >= 15 is 0 Å². The monoisotopic (exact) mass is 393 g/mol. The van der Waals surface area contributed by atoms with Gasteiger partial charge < -0.3 is 10.4 Å². The Labute approximate surface area is 171 Å². The molecule has 0 aliphatic rings. The minimum Gasteiger partial charge on any atom is -0.478 e. The van der Waals surface area contributed by atoms with Crippen molar-refractivity contribution in [1.29, 1.82) is 0 Å². The molecule has 0 bridgehead atoms. The van der Waals surface area contributed by atoms with Gasteiger partial charge in [0.2, 0.25) is 0 Å². The molecule has 0 aromatic heterocycles. The predicted molar refractivity (Wildman–Crippen MR) is 117 cm³/mol. The molecule has 3 nitrogen and oxygen atoms in total. The van der Waals surface area contributed by atoms with E-state index in [2.05, 4.69) is 12.2 Å². The van der Waals surface area contributed by atoms with Gasteiger partial charge in [-0.15, -0.1) is 0 Å². The zero-order chi connectivity index (χ0) is 20.6. The van der Waals surface area contributed by atoms with Gasteiger partial charge in [-0.2, -0.15) is 0 Å². The molecule has 0 spiro atoms. The van der Waals surface area contributed by atoms with Gasteiger partial charge in [0.15, 0.2) is 0 Å². The number of alkyl halides is 1. The first-order valence-corrected chi connectivity index (χ1v) is 11.3. The van der Waals surface area contributed by atoms with Gasteiger partial charge in [-0.25, -0.2) is 9.18 Å². The quantitative estimate of drug-likeness (QED) is 0.269. The number of unbranched alkanes of at least 4 members (excludes halogenated alkanes) is 9. The van der Waals surface area contributed by atoms with Crippen LogP contribution < -0.4 is 5.32 Å². The van der Waals surface area contributed by atoms with Crippen molar-refractivity contribution >= 4 is 11.7 Å². The second kappa shape index (κ2) is 15.4. The Kier molecular flexibility index (Phi) is 13.4. The van der Waals surface area contributed by atoms with E-state index in [1.165, 1.54) is 44.9 Å². The number of carbonyl (C=O) groups is 1. The molecule has 0 amide bonds. The molecule has 0 heterocycles. The van der Waals surface area contributed by atoms with Crippen molar-refractivity contribution in [1.82, 2.24) is 0 Å². The third kappa shape index (κ3) is 11.3. The number of halogens is 1. The molecule has 0 aliphatic carbocycles.